The highest BCUT2D eigenvalue weighted by atomic mass is 35.5. The minimum absolute atomic E-state index is 0.0561. The number of fused-ring (bicyclic) bond motifs is 2. The van der Waals surface area contributed by atoms with Crippen molar-refractivity contribution in [1.82, 2.24) is 59.6 Å². The lowest BCUT2D eigenvalue weighted by Crippen LogP contribution is -2.39. The Hall–Kier alpha value is -6.40. The van der Waals surface area contributed by atoms with Crippen LogP contribution in [0.4, 0.5) is 0 Å². The van der Waals surface area contributed by atoms with Gasteiger partial charge in [-0.15, -0.1) is 0 Å². The molecule has 2 N–H and O–H groups in total. The third-order valence-electron chi connectivity index (χ3n) is 11.9. The number of nitrogens with one attached hydrogen (secondary N) is 2. The fourth-order valence-electron chi connectivity index (χ4n) is 8.44. The Balaban J connectivity index is 0.000000170. The zero-order valence-electron chi connectivity index (χ0n) is 38.2. The predicted molar refractivity (Wildman–Crippen MR) is 264 cm³/mol. The van der Waals surface area contributed by atoms with E-state index in [1.165, 1.54) is 0 Å². The Bertz CT molecular complexity index is 3050. The molecule has 0 amide bonds. The molecule has 0 bridgehead atoms. The zero-order valence-corrected chi connectivity index (χ0v) is 39.7. The second-order valence-electron chi connectivity index (χ2n) is 16.9. The van der Waals surface area contributed by atoms with Gasteiger partial charge in [-0.05, 0) is 64.8 Å². The number of aryl methyl sites for hydroxylation is 6. The molecule has 8 heterocycles. The number of pyridine rings is 2. The number of hydrogen-bond acceptors (Lipinski definition) is 14. The first-order valence-corrected chi connectivity index (χ1v) is 23.3. The zero-order chi connectivity index (χ0) is 47.3. The van der Waals surface area contributed by atoms with Crippen molar-refractivity contribution in [3.63, 3.8) is 0 Å². The molecule has 348 valence electrons. The molecular formula is C50H50Cl2N12O4. The van der Waals surface area contributed by atoms with E-state index in [4.69, 9.17) is 32.7 Å². The van der Waals surface area contributed by atoms with Crippen LogP contribution in [0.3, 0.4) is 0 Å². The van der Waals surface area contributed by atoms with E-state index in [0.29, 0.717) is 94.4 Å². The standard InChI is InChI=1S/2C25H25ClN6O2/c2*1-15-11-28-14-23(30-15)17-3-4-20(22(26)10-17)21-9-18-12-29-16(2)31-24(18)32(25(21)33)7-5-19-13-27-6-8-34-19/h2*3-4,9-12,14,19,27H,5-8,13H2,1-2H3/t2*19-/m10/s1. The number of hydrogen-bond donors (Lipinski definition) is 2. The van der Waals surface area contributed by atoms with Gasteiger partial charge in [-0.2, -0.15) is 0 Å². The van der Waals surface area contributed by atoms with Gasteiger partial charge in [-0.3, -0.25) is 28.7 Å². The molecule has 18 heteroatoms. The molecule has 2 aromatic carbocycles. The molecule has 2 atom stereocenters. The summed E-state index contributed by atoms with van der Waals surface area (Å²) < 4.78 is 15.1. The van der Waals surface area contributed by atoms with E-state index in [0.717, 1.165) is 70.9 Å². The first kappa shape index (κ1) is 46.7. The van der Waals surface area contributed by atoms with Crippen LogP contribution in [0.5, 0.6) is 0 Å². The van der Waals surface area contributed by atoms with E-state index in [2.05, 4.69) is 50.5 Å². The van der Waals surface area contributed by atoms with Gasteiger partial charge in [0.25, 0.3) is 11.1 Å². The van der Waals surface area contributed by atoms with Crippen LogP contribution in [0.2, 0.25) is 10.0 Å². The van der Waals surface area contributed by atoms with E-state index < -0.39 is 0 Å². The van der Waals surface area contributed by atoms with Gasteiger partial charge in [0.2, 0.25) is 0 Å². The van der Waals surface area contributed by atoms with E-state index in [1.54, 1.807) is 46.3 Å². The highest BCUT2D eigenvalue weighted by molar-refractivity contribution is 6.34. The van der Waals surface area contributed by atoms with Gasteiger partial charge in [0.05, 0.1) is 60.6 Å². The molecule has 6 aromatic heterocycles. The molecule has 2 aliphatic heterocycles. The Morgan fingerprint density at radius 1 is 0.574 bits per heavy atom. The van der Waals surface area contributed by atoms with Crippen LogP contribution in [-0.2, 0) is 22.6 Å². The van der Waals surface area contributed by atoms with Gasteiger partial charge in [0.15, 0.2) is 0 Å². The molecule has 16 nitrogen and oxygen atoms in total. The van der Waals surface area contributed by atoms with Crippen molar-refractivity contribution in [2.45, 2.75) is 65.8 Å². The monoisotopic (exact) mass is 952 g/mol. The van der Waals surface area contributed by atoms with Crippen molar-refractivity contribution in [2.24, 2.45) is 0 Å². The Morgan fingerprint density at radius 2 is 1.01 bits per heavy atom. The predicted octanol–water partition coefficient (Wildman–Crippen LogP) is 7.13. The Labute approximate surface area is 402 Å². The third-order valence-corrected chi connectivity index (χ3v) is 12.5. The summed E-state index contributed by atoms with van der Waals surface area (Å²) in [5.41, 5.74) is 8.07. The number of rotatable bonds is 10. The van der Waals surface area contributed by atoms with Crippen LogP contribution in [0.15, 0.2) is 95.3 Å². The van der Waals surface area contributed by atoms with Crippen LogP contribution >= 0.6 is 23.2 Å². The largest absolute Gasteiger partial charge is 0.376 e. The molecule has 2 aliphatic rings. The summed E-state index contributed by atoms with van der Waals surface area (Å²) in [7, 11) is 0. The smallest absolute Gasteiger partial charge is 0.260 e. The normalized spacial score (nSPS) is 16.1. The number of halogens is 2. The summed E-state index contributed by atoms with van der Waals surface area (Å²) in [6, 6.07) is 14.8. The van der Waals surface area contributed by atoms with Crippen LogP contribution < -0.4 is 21.8 Å². The number of morpholine rings is 2. The third kappa shape index (κ3) is 10.5. The molecule has 2 saturated heterocycles. The van der Waals surface area contributed by atoms with Crippen LogP contribution in [0.1, 0.15) is 35.9 Å². The van der Waals surface area contributed by atoms with E-state index >= 15 is 0 Å². The van der Waals surface area contributed by atoms with Crippen LogP contribution in [0.25, 0.3) is 66.8 Å². The first-order valence-electron chi connectivity index (χ1n) is 22.6. The van der Waals surface area contributed by atoms with Crippen molar-refractivity contribution < 1.29 is 9.47 Å². The van der Waals surface area contributed by atoms with Crippen molar-refractivity contribution >= 4 is 45.3 Å². The maximum atomic E-state index is 13.7. The lowest BCUT2D eigenvalue weighted by molar-refractivity contribution is 0.0210. The van der Waals surface area contributed by atoms with Gasteiger partial charge in [0, 0.05) is 118 Å². The number of nitrogens with zero attached hydrogens (tertiary/aromatic N) is 10. The van der Waals surface area contributed by atoms with E-state index in [9.17, 15) is 9.59 Å². The number of ether oxygens (including phenoxy) is 2. The topological polar surface area (TPSA) is 190 Å². The lowest BCUT2D eigenvalue weighted by atomic mass is 10.0. The van der Waals surface area contributed by atoms with Gasteiger partial charge in [-0.1, -0.05) is 47.5 Å². The maximum Gasteiger partial charge on any atom is 0.260 e. The van der Waals surface area contributed by atoms with Crippen LogP contribution in [-0.4, -0.2) is 101 Å². The molecule has 8 aromatic rings. The molecule has 2 fully saturated rings. The molecule has 0 saturated carbocycles. The molecular weight excluding hydrogens is 904 g/mol. The molecule has 0 unspecified atom stereocenters. The van der Waals surface area contributed by atoms with Crippen molar-refractivity contribution in [2.75, 3.05) is 39.4 Å². The maximum absolute atomic E-state index is 13.7. The Morgan fingerprint density at radius 3 is 1.40 bits per heavy atom. The van der Waals surface area contributed by atoms with E-state index in [1.807, 2.05) is 76.2 Å². The molecule has 10 rings (SSSR count). The van der Waals surface area contributed by atoms with Gasteiger partial charge >= 0.3 is 0 Å². The van der Waals surface area contributed by atoms with Gasteiger partial charge in [-0.25, -0.2) is 29.9 Å². The summed E-state index contributed by atoms with van der Waals surface area (Å²) in [4.78, 5) is 62.6. The molecule has 0 aliphatic carbocycles. The summed E-state index contributed by atoms with van der Waals surface area (Å²) >= 11 is 13.4. The Kier molecular flexibility index (Phi) is 14.3. The quantitative estimate of drug-likeness (QED) is 0.141. The average molecular weight is 954 g/mol. The summed E-state index contributed by atoms with van der Waals surface area (Å²) in [6.07, 6.45) is 11.8. The van der Waals surface area contributed by atoms with Crippen molar-refractivity contribution in [3.05, 3.63) is 140 Å². The number of aromatic nitrogens is 10. The van der Waals surface area contributed by atoms with Gasteiger partial charge < -0.3 is 20.1 Å². The minimum Gasteiger partial charge on any atom is -0.376 e. The summed E-state index contributed by atoms with van der Waals surface area (Å²) in [5.74, 6) is 1.23. The molecule has 0 spiro atoms. The SMILES string of the molecule is Cc1cncc(-c2ccc(-c3cc4cnc(C)nc4n(CC[C@@H]4CNCCO4)c3=O)c(Cl)c2)n1.Cc1cncc(-c2ccc(-c3cc4cnc(C)nc4n(CC[C@H]4CNCCO4)c3=O)c(Cl)c2)n1. The first-order chi connectivity index (χ1) is 33.0. The van der Waals surface area contributed by atoms with Crippen molar-refractivity contribution in [1.29, 1.82) is 0 Å². The fraction of sp³-hybridized carbons (Fsp3) is 0.320. The highest BCUT2D eigenvalue weighted by Crippen LogP contribution is 2.33. The van der Waals surface area contributed by atoms with Crippen LogP contribution in [0, 0.1) is 27.7 Å². The average Bonchev–Trinajstić information content (AvgIpc) is 3.34. The summed E-state index contributed by atoms with van der Waals surface area (Å²) in [6.45, 7) is 13.0. The fourth-order valence-corrected chi connectivity index (χ4v) is 9.00. The number of benzene rings is 2. The molecule has 68 heavy (non-hydrogen) atoms. The second-order valence-corrected chi connectivity index (χ2v) is 17.7. The van der Waals surface area contributed by atoms with Crippen molar-refractivity contribution in [3.8, 4) is 44.8 Å². The van der Waals surface area contributed by atoms with Gasteiger partial charge in [0.1, 0.15) is 22.9 Å². The summed E-state index contributed by atoms with van der Waals surface area (Å²) in [5, 5.41) is 9.18. The second kappa shape index (κ2) is 20.9. The highest BCUT2D eigenvalue weighted by Gasteiger charge is 2.21. The van der Waals surface area contributed by atoms with E-state index in [-0.39, 0.29) is 23.3 Å². The lowest BCUT2D eigenvalue weighted by Gasteiger charge is -2.24. The minimum atomic E-state index is -0.139. The molecule has 0 radical (unpaired) electrons.